The van der Waals surface area contributed by atoms with E-state index in [4.69, 9.17) is 0 Å². The van der Waals surface area contributed by atoms with E-state index in [1.54, 1.807) is 4.68 Å². The molecule has 0 aliphatic carbocycles. The standard InChI is InChI=1S/C19H27N5O/c1-4-16-18(12-23(3)22-16)21-19(25)20-17-13-24(10-14(17)2)11-15-8-6-5-7-9-15/h5-9,12,14,17H,4,10-11,13H2,1-3H3,(H2,20,21,25)/t14-,17+/m0/s1. The molecule has 1 aromatic carbocycles. The van der Waals surface area contributed by atoms with Crippen LogP contribution < -0.4 is 10.6 Å². The molecule has 1 aliphatic heterocycles. The van der Waals surface area contributed by atoms with Crippen molar-refractivity contribution in [2.45, 2.75) is 32.9 Å². The number of hydrogen-bond acceptors (Lipinski definition) is 3. The van der Waals surface area contributed by atoms with Crippen LogP contribution in [0.3, 0.4) is 0 Å². The van der Waals surface area contributed by atoms with E-state index in [9.17, 15) is 4.79 Å². The number of likely N-dealkylation sites (tertiary alicyclic amines) is 1. The Balaban J connectivity index is 1.54. The molecule has 1 aliphatic rings. The molecule has 0 bridgehead atoms. The molecule has 2 N–H and O–H groups in total. The van der Waals surface area contributed by atoms with Crippen molar-refractivity contribution in [3.8, 4) is 0 Å². The van der Waals surface area contributed by atoms with Crippen LogP contribution in [-0.4, -0.2) is 39.8 Å². The zero-order valence-corrected chi connectivity index (χ0v) is 15.2. The fourth-order valence-electron chi connectivity index (χ4n) is 3.45. The molecule has 0 spiro atoms. The van der Waals surface area contributed by atoms with Crippen molar-refractivity contribution >= 4 is 11.7 Å². The lowest BCUT2D eigenvalue weighted by Gasteiger charge is -2.17. The summed E-state index contributed by atoms with van der Waals surface area (Å²) in [5.74, 6) is 0.425. The summed E-state index contributed by atoms with van der Waals surface area (Å²) >= 11 is 0. The van der Waals surface area contributed by atoms with Gasteiger partial charge in [0.05, 0.1) is 11.4 Å². The van der Waals surface area contributed by atoms with Gasteiger partial charge in [0.15, 0.2) is 0 Å². The third kappa shape index (κ3) is 4.39. The summed E-state index contributed by atoms with van der Waals surface area (Å²) in [6.45, 7) is 7.01. The van der Waals surface area contributed by atoms with Gasteiger partial charge in [-0.2, -0.15) is 5.10 Å². The van der Waals surface area contributed by atoms with Crippen molar-refractivity contribution in [1.82, 2.24) is 20.0 Å². The summed E-state index contributed by atoms with van der Waals surface area (Å²) in [7, 11) is 1.86. The van der Waals surface area contributed by atoms with E-state index in [2.05, 4.69) is 51.8 Å². The van der Waals surface area contributed by atoms with Crippen LogP contribution in [0.1, 0.15) is 25.1 Å². The molecular weight excluding hydrogens is 314 g/mol. The molecule has 2 amide bonds. The monoisotopic (exact) mass is 341 g/mol. The van der Waals surface area contributed by atoms with Gasteiger partial charge in [-0.1, -0.05) is 44.2 Å². The molecule has 0 unspecified atom stereocenters. The first-order valence-electron chi connectivity index (χ1n) is 8.91. The van der Waals surface area contributed by atoms with Gasteiger partial charge >= 0.3 is 6.03 Å². The molecule has 2 aromatic rings. The molecule has 25 heavy (non-hydrogen) atoms. The van der Waals surface area contributed by atoms with Gasteiger partial charge in [0.1, 0.15) is 0 Å². The number of amides is 2. The Hall–Kier alpha value is -2.34. The maximum absolute atomic E-state index is 12.4. The fraction of sp³-hybridized carbons (Fsp3) is 0.474. The lowest BCUT2D eigenvalue weighted by Crippen LogP contribution is -2.42. The van der Waals surface area contributed by atoms with Gasteiger partial charge in [0, 0.05) is 38.9 Å². The minimum absolute atomic E-state index is 0.152. The minimum Gasteiger partial charge on any atom is -0.334 e. The number of aryl methyl sites for hydroxylation is 2. The lowest BCUT2D eigenvalue weighted by atomic mass is 10.1. The highest BCUT2D eigenvalue weighted by atomic mass is 16.2. The zero-order chi connectivity index (χ0) is 17.8. The Morgan fingerprint density at radius 3 is 2.76 bits per heavy atom. The fourth-order valence-corrected chi connectivity index (χ4v) is 3.45. The van der Waals surface area contributed by atoms with E-state index >= 15 is 0 Å². The summed E-state index contributed by atoms with van der Waals surface area (Å²) in [4.78, 5) is 14.8. The highest BCUT2D eigenvalue weighted by molar-refractivity contribution is 5.90. The second-order valence-corrected chi connectivity index (χ2v) is 6.88. The van der Waals surface area contributed by atoms with Crippen molar-refractivity contribution in [2.24, 2.45) is 13.0 Å². The molecule has 6 nitrogen and oxygen atoms in total. The number of nitrogens with one attached hydrogen (secondary N) is 2. The Morgan fingerprint density at radius 1 is 1.28 bits per heavy atom. The molecule has 1 saturated heterocycles. The Labute approximate surface area is 149 Å². The number of nitrogens with zero attached hydrogens (tertiary/aromatic N) is 3. The van der Waals surface area contributed by atoms with Gasteiger partial charge in [0.2, 0.25) is 0 Å². The van der Waals surface area contributed by atoms with Crippen LogP contribution in [0.2, 0.25) is 0 Å². The predicted octanol–water partition coefficient (Wildman–Crippen LogP) is 2.62. The first-order chi connectivity index (χ1) is 12.0. The van der Waals surface area contributed by atoms with E-state index < -0.39 is 0 Å². The number of benzene rings is 1. The number of anilines is 1. The van der Waals surface area contributed by atoms with Crippen LogP contribution in [0, 0.1) is 5.92 Å². The van der Waals surface area contributed by atoms with E-state index in [1.165, 1.54) is 5.56 Å². The van der Waals surface area contributed by atoms with E-state index in [-0.39, 0.29) is 12.1 Å². The third-order valence-corrected chi connectivity index (χ3v) is 4.74. The molecule has 0 saturated carbocycles. The van der Waals surface area contributed by atoms with Gasteiger partial charge in [-0.25, -0.2) is 4.79 Å². The number of aromatic nitrogens is 2. The van der Waals surface area contributed by atoms with Crippen LogP contribution in [-0.2, 0) is 20.0 Å². The number of rotatable bonds is 5. The van der Waals surface area contributed by atoms with Crippen molar-refractivity contribution in [3.05, 3.63) is 47.8 Å². The van der Waals surface area contributed by atoms with Crippen LogP contribution >= 0.6 is 0 Å². The van der Waals surface area contributed by atoms with Crippen LogP contribution in [0.5, 0.6) is 0 Å². The summed E-state index contributed by atoms with van der Waals surface area (Å²) in [6.07, 6.45) is 2.64. The first kappa shape index (κ1) is 17.5. The maximum Gasteiger partial charge on any atom is 0.319 e. The normalized spacial score (nSPS) is 20.6. The van der Waals surface area contributed by atoms with Gasteiger partial charge in [0.25, 0.3) is 0 Å². The third-order valence-electron chi connectivity index (χ3n) is 4.74. The summed E-state index contributed by atoms with van der Waals surface area (Å²) in [6, 6.07) is 10.5. The second-order valence-electron chi connectivity index (χ2n) is 6.88. The lowest BCUT2D eigenvalue weighted by molar-refractivity contribution is 0.246. The molecule has 0 radical (unpaired) electrons. The molecule has 2 atom stereocenters. The van der Waals surface area contributed by atoms with Gasteiger partial charge < -0.3 is 10.6 Å². The molecule has 3 rings (SSSR count). The number of carbonyl (C=O) groups is 1. The minimum atomic E-state index is -0.152. The van der Waals surface area contributed by atoms with Crippen LogP contribution in [0.4, 0.5) is 10.5 Å². The van der Waals surface area contributed by atoms with E-state index in [0.29, 0.717) is 5.92 Å². The first-order valence-corrected chi connectivity index (χ1v) is 8.91. The van der Waals surface area contributed by atoms with Crippen LogP contribution in [0.25, 0.3) is 0 Å². The summed E-state index contributed by atoms with van der Waals surface area (Å²) < 4.78 is 1.73. The van der Waals surface area contributed by atoms with Gasteiger partial charge in [-0.3, -0.25) is 9.58 Å². The predicted molar refractivity (Wildman–Crippen MR) is 99.4 cm³/mol. The zero-order valence-electron chi connectivity index (χ0n) is 15.2. The molecule has 2 heterocycles. The Kier molecular flexibility index (Phi) is 5.38. The van der Waals surface area contributed by atoms with E-state index in [0.717, 1.165) is 37.4 Å². The molecule has 134 valence electrons. The van der Waals surface area contributed by atoms with Crippen molar-refractivity contribution in [1.29, 1.82) is 0 Å². The van der Waals surface area contributed by atoms with E-state index in [1.807, 2.05) is 26.2 Å². The van der Waals surface area contributed by atoms with Gasteiger partial charge in [-0.15, -0.1) is 0 Å². The highest BCUT2D eigenvalue weighted by Crippen LogP contribution is 2.19. The van der Waals surface area contributed by atoms with Crippen LogP contribution in [0.15, 0.2) is 36.5 Å². The maximum atomic E-state index is 12.4. The topological polar surface area (TPSA) is 62.2 Å². The highest BCUT2D eigenvalue weighted by Gasteiger charge is 2.30. The number of carbonyl (C=O) groups excluding carboxylic acids is 1. The Bertz CT molecular complexity index is 712. The van der Waals surface area contributed by atoms with Crippen molar-refractivity contribution in [3.63, 3.8) is 0 Å². The smallest absolute Gasteiger partial charge is 0.319 e. The average Bonchev–Trinajstić information content (AvgIpc) is 3.10. The van der Waals surface area contributed by atoms with Crippen molar-refractivity contribution < 1.29 is 4.79 Å². The molecule has 1 aromatic heterocycles. The SMILES string of the molecule is CCc1nn(C)cc1NC(=O)N[C@@H]1CN(Cc2ccccc2)C[C@@H]1C. The van der Waals surface area contributed by atoms with Crippen molar-refractivity contribution in [2.75, 3.05) is 18.4 Å². The molecular formula is C19H27N5O. The number of urea groups is 1. The summed E-state index contributed by atoms with van der Waals surface area (Å²) in [5, 5.41) is 10.4. The Morgan fingerprint density at radius 2 is 2.04 bits per heavy atom. The number of hydrogen-bond donors (Lipinski definition) is 2. The largest absolute Gasteiger partial charge is 0.334 e. The average molecular weight is 341 g/mol. The quantitative estimate of drug-likeness (QED) is 0.879. The molecule has 1 fully saturated rings. The van der Waals surface area contributed by atoms with Gasteiger partial charge in [-0.05, 0) is 17.9 Å². The summed E-state index contributed by atoms with van der Waals surface area (Å²) in [5.41, 5.74) is 3.00. The molecule has 6 heteroatoms. The second kappa shape index (κ2) is 7.70.